The Bertz CT molecular complexity index is 201. The maximum absolute atomic E-state index is 5.53. The molecule has 0 aromatic heterocycles. The number of hydrogen-bond acceptors (Lipinski definition) is 1. The number of rotatable bonds is 2. The summed E-state index contributed by atoms with van der Waals surface area (Å²) in [6.07, 6.45) is 6.08. The van der Waals surface area contributed by atoms with Crippen LogP contribution in [0.2, 0.25) is 0 Å². The minimum absolute atomic E-state index is 0.326. The van der Waals surface area contributed by atoms with Crippen LogP contribution in [-0.4, -0.2) is 6.10 Å². The highest BCUT2D eigenvalue weighted by Gasteiger charge is 2.14. The van der Waals surface area contributed by atoms with Crippen molar-refractivity contribution in [3.8, 4) is 0 Å². The SMILES string of the molecule is C=CC1=C(C=C)OC(C)CC1.CC. The van der Waals surface area contributed by atoms with E-state index in [4.69, 9.17) is 4.74 Å². The summed E-state index contributed by atoms with van der Waals surface area (Å²) in [6, 6.07) is 0. The molecule has 13 heavy (non-hydrogen) atoms. The molecule has 0 bridgehead atoms. The lowest BCUT2D eigenvalue weighted by Gasteiger charge is -2.22. The van der Waals surface area contributed by atoms with Gasteiger partial charge in [0.1, 0.15) is 5.76 Å². The molecule has 0 spiro atoms. The fourth-order valence-electron chi connectivity index (χ4n) is 1.22. The minimum atomic E-state index is 0.326. The van der Waals surface area contributed by atoms with Gasteiger partial charge in [0.2, 0.25) is 0 Å². The zero-order valence-electron chi connectivity index (χ0n) is 8.97. The molecule has 1 rings (SSSR count). The normalized spacial score (nSPS) is 21.0. The molecule has 0 N–H and O–H groups in total. The zero-order valence-corrected chi connectivity index (χ0v) is 8.97. The molecule has 1 heterocycles. The lowest BCUT2D eigenvalue weighted by atomic mass is 10.0. The highest BCUT2D eigenvalue weighted by molar-refractivity contribution is 5.28. The highest BCUT2D eigenvalue weighted by Crippen LogP contribution is 2.24. The van der Waals surface area contributed by atoms with Gasteiger partial charge < -0.3 is 4.74 Å². The van der Waals surface area contributed by atoms with Crippen LogP contribution >= 0.6 is 0 Å². The third kappa shape index (κ3) is 3.49. The second-order valence-electron chi connectivity index (χ2n) is 2.76. The summed E-state index contributed by atoms with van der Waals surface area (Å²) in [6.45, 7) is 13.5. The van der Waals surface area contributed by atoms with E-state index in [1.54, 1.807) is 6.08 Å². The van der Waals surface area contributed by atoms with Crippen LogP contribution in [0.3, 0.4) is 0 Å². The van der Waals surface area contributed by atoms with E-state index in [0.717, 1.165) is 18.6 Å². The summed E-state index contributed by atoms with van der Waals surface area (Å²) in [5.74, 6) is 0.902. The summed E-state index contributed by atoms with van der Waals surface area (Å²) in [5.41, 5.74) is 1.18. The summed E-state index contributed by atoms with van der Waals surface area (Å²) in [4.78, 5) is 0. The third-order valence-corrected chi connectivity index (χ3v) is 1.90. The van der Waals surface area contributed by atoms with Gasteiger partial charge in [-0.3, -0.25) is 0 Å². The second-order valence-corrected chi connectivity index (χ2v) is 2.76. The van der Waals surface area contributed by atoms with E-state index in [9.17, 15) is 0 Å². The van der Waals surface area contributed by atoms with E-state index in [0.29, 0.717) is 6.10 Å². The van der Waals surface area contributed by atoms with Crippen molar-refractivity contribution >= 4 is 0 Å². The van der Waals surface area contributed by atoms with Gasteiger partial charge in [-0.05, 0) is 31.4 Å². The van der Waals surface area contributed by atoms with Crippen LogP contribution in [0.4, 0.5) is 0 Å². The highest BCUT2D eigenvalue weighted by atomic mass is 16.5. The summed E-state index contributed by atoms with van der Waals surface area (Å²) in [5, 5.41) is 0. The molecule has 0 aromatic rings. The summed E-state index contributed by atoms with van der Waals surface area (Å²) < 4.78 is 5.53. The average molecular weight is 180 g/mol. The standard InChI is InChI=1S/C10H14O.C2H6/c1-4-9-7-6-8(3)11-10(9)5-2;1-2/h4-5,8H,1-2,6-7H2,3H3;1-2H3. The first kappa shape index (κ1) is 12.0. The van der Waals surface area contributed by atoms with Gasteiger partial charge in [-0.1, -0.05) is 33.1 Å². The Hall–Kier alpha value is -0.980. The largest absolute Gasteiger partial charge is 0.490 e. The van der Waals surface area contributed by atoms with Gasteiger partial charge in [-0.15, -0.1) is 0 Å². The van der Waals surface area contributed by atoms with Gasteiger partial charge in [0.25, 0.3) is 0 Å². The van der Waals surface area contributed by atoms with Crippen molar-refractivity contribution in [3.05, 3.63) is 36.6 Å². The van der Waals surface area contributed by atoms with Crippen LogP contribution in [0.25, 0.3) is 0 Å². The molecule has 0 aliphatic carbocycles. The molecule has 1 unspecified atom stereocenters. The molecule has 0 saturated heterocycles. The number of hydrogen-bond donors (Lipinski definition) is 0. The molecule has 0 aromatic carbocycles. The van der Waals surface area contributed by atoms with E-state index < -0.39 is 0 Å². The monoisotopic (exact) mass is 180 g/mol. The Kier molecular flexibility index (Phi) is 6.03. The molecule has 0 radical (unpaired) electrons. The Balaban J connectivity index is 0.000000671. The molecule has 1 heteroatoms. The van der Waals surface area contributed by atoms with Crippen LogP contribution < -0.4 is 0 Å². The molecule has 74 valence electrons. The van der Waals surface area contributed by atoms with Crippen LogP contribution in [0.1, 0.15) is 33.6 Å². The molecule has 1 atom stereocenters. The number of allylic oxidation sites excluding steroid dienone is 3. The van der Waals surface area contributed by atoms with Crippen molar-refractivity contribution in [2.75, 3.05) is 0 Å². The van der Waals surface area contributed by atoms with Crippen molar-refractivity contribution in [1.29, 1.82) is 0 Å². The van der Waals surface area contributed by atoms with E-state index >= 15 is 0 Å². The van der Waals surface area contributed by atoms with Crippen LogP contribution in [0, 0.1) is 0 Å². The van der Waals surface area contributed by atoms with Gasteiger partial charge >= 0.3 is 0 Å². The first-order valence-electron chi connectivity index (χ1n) is 4.92. The Morgan fingerprint density at radius 1 is 1.31 bits per heavy atom. The Morgan fingerprint density at radius 2 is 1.92 bits per heavy atom. The zero-order chi connectivity index (χ0) is 10.3. The predicted octanol–water partition coefficient (Wildman–Crippen LogP) is 3.84. The van der Waals surface area contributed by atoms with Gasteiger partial charge in [-0.25, -0.2) is 0 Å². The lowest BCUT2D eigenvalue weighted by molar-refractivity contribution is 0.117. The smallest absolute Gasteiger partial charge is 0.122 e. The van der Waals surface area contributed by atoms with E-state index in [-0.39, 0.29) is 0 Å². The molecule has 0 amide bonds. The van der Waals surface area contributed by atoms with Crippen LogP contribution in [0.5, 0.6) is 0 Å². The molecule has 1 aliphatic rings. The summed E-state index contributed by atoms with van der Waals surface area (Å²) >= 11 is 0. The quantitative estimate of drug-likeness (QED) is 0.627. The van der Waals surface area contributed by atoms with Gasteiger partial charge in [0, 0.05) is 0 Å². The minimum Gasteiger partial charge on any atom is -0.490 e. The van der Waals surface area contributed by atoms with Gasteiger partial charge in [0.15, 0.2) is 0 Å². The van der Waals surface area contributed by atoms with E-state index in [1.165, 1.54) is 5.57 Å². The van der Waals surface area contributed by atoms with E-state index in [2.05, 4.69) is 20.1 Å². The molecular formula is C12H20O. The predicted molar refractivity (Wildman–Crippen MR) is 58.5 cm³/mol. The average Bonchev–Trinajstić information content (AvgIpc) is 2.20. The van der Waals surface area contributed by atoms with Crippen molar-refractivity contribution in [2.45, 2.75) is 39.7 Å². The maximum Gasteiger partial charge on any atom is 0.122 e. The van der Waals surface area contributed by atoms with Gasteiger partial charge in [-0.2, -0.15) is 0 Å². The van der Waals surface area contributed by atoms with Gasteiger partial charge in [0.05, 0.1) is 6.10 Å². The molecule has 1 nitrogen and oxygen atoms in total. The van der Waals surface area contributed by atoms with Crippen molar-refractivity contribution in [1.82, 2.24) is 0 Å². The summed E-state index contributed by atoms with van der Waals surface area (Å²) in [7, 11) is 0. The second kappa shape index (κ2) is 6.53. The first-order valence-corrected chi connectivity index (χ1v) is 4.92. The Morgan fingerprint density at radius 3 is 2.38 bits per heavy atom. The maximum atomic E-state index is 5.53. The van der Waals surface area contributed by atoms with Crippen LogP contribution in [0.15, 0.2) is 36.6 Å². The van der Waals surface area contributed by atoms with Crippen LogP contribution in [-0.2, 0) is 4.74 Å². The lowest BCUT2D eigenvalue weighted by Crippen LogP contribution is -2.13. The van der Waals surface area contributed by atoms with E-state index in [1.807, 2.05) is 19.9 Å². The fraction of sp³-hybridized carbons (Fsp3) is 0.500. The first-order chi connectivity index (χ1) is 6.27. The fourth-order valence-corrected chi connectivity index (χ4v) is 1.22. The van der Waals surface area contributed by atoms with Crippen molar-refractivity contribution < 1.29 is 4.74 Å². The molecular weight excluding hydrogens is 160 g/mol. The molecule has 0 fully saturated rings. The third-order valence-electron chi connectivity index (χ3n) is 1.90. The Labute approximate surface area is 81.8 Å². The topological polar surface area (TPSA) is 9.23 Å². The molecule has 1 aliphatic heterocycles. The number of ether oxygens (including phenoxy) is 1. The molecule has 0 saturated carbocycles. The van der Waals surface area contributed by atoms with Crippen molar-refractivity contribution in [2.24, 2.45) is 0 Å². The van der Waals surface area contributed by atoms with Crippen molar-refractivity contribution in [3.63, 3.8) is 0 Å².